The van der Waals surface area contributed by atoms with Gasteiger partial charge in [0.2, 0.25) is 0 Å². The van der Waals surface area contributed by atoms with Crippen molar-refractivity contribution in [1.82, 2.24) is 15.0 Å². The number of nitrogens with zero attached hydrogens (tertiary/aromatic N) is 4. The number of nitrogens with one attached hydrogen (secondary N) is 1. The van der Waals surface area contributed by atoms with E-state index in [-0.39, 0.29) is 24.6 Å². The number of hydrogen-bond acceptors (Lipinski definition) is 8. The molecule has 178 valence electrons. The molecule has 3 aromatic rings. The van der Waals surface area contributed by atoms with Gasteiger partial charge in [-0.1, -0.05) is 6.07 Å². The Kier molecular flexibility index (Phi) is 6.30. The van der Waals surface area contributed by atoms with Gasteiger partial charge in [0.25, 0.3) is 0 Å². The van der Waals surface area contributed by atoms with E-state index in [0.717, 1.165) is 36.3 Å². The number of halogens is 1. The number of anilines is 2. The summed E-state index contributed by atoms with van der Waals surface area (Å²) >= 11 is 0. The topological polar surface area (TPSA) is 104 Å². The van der Waals surface area contributed by atoms with Crippen LogP contribution in [0.25, 0.3) is 11.5 Å². The SMILES string of the molecule is CN(CC(O)Nc1cccc(F)c1)c1nc(-c2cc(O[C@H]3C[C@@H](O)C3)ccn2)nc2c1CCC2. The Hall–Kier alpha value is -3.30. The third kappa shape index (κ3) is 4.95. The monoisotopic (exact) mass is 465 g/mol. The third-order valence-electron chi connectivity index (χ3n) is 6.21. The third-order valence-corrected chi connectivity index (χ3v) is 6.21. The number of pyridine rings is 1. The molecule has 0 amide bonds. The predicted molar refractivity (Wildman–Crippen MR) is 126 cm³/mol. The van der Waals surface area contributed by atoms with Gasteiger partial charge in [-0.25, -0.2) is 14.4 Å². The van der Waals surface area contributed by atoms with Crippen molar-refractivity contribution in [2.45, 2.75) is 50.5 Å². The molecule has 2 aliphatic rings. The number of benzene rings is 1. The average molecular weight is 466 g/mol. The van der Waals surface area contributed by atoms with E-state index in [9.17, 15) is 14.6 Å². The fraction of sp³-hybridized carbons (Fsp3) is 0.400. The maximum absolute atomic E-state index is 13.5. The summed E-state index contributed by atoms with van der Waals surface area (Å²) in [5, 5.41) is 23.0. The lowest BCUT2D eigenvalue weighted by molar-refractivity contribution is -0.0107. The number of fused-ring (bicyclic) bond motifs is 1. The molecule has 1 aromatic carbocycles. The molecule has 0 spiro atoms. The number of hydrogen-bond donors (Lipinski definition) is 3. The second-order valence-corrected chi connectivity index (χ2v) is 8.94. The lowest BCUT2D eigenvalue weighted by Gasteiger charge is -2.31. The van der Waals surface area contributed by atoms with Gasteiger partial charge in [-0.15, -0.1) is 0 Å². The first-order chi connectivity index (χ1) is 16.4. The molecule has 2 aromatic heterocycles. The molecule has 0 radical (unpaired) electrons. The van der Waals surface area contributed by atoms with Gasteiger partial charge in [-0.3, -0.25) is 4.98 Å². The summed E-state index contributed by atoms with van der Waals surface area (Å²) in [4.78, 5) is 15.9. The summed E-state index contributed by atoms with van der Waals surface area (Å²) in [7, 11) is 1.87. The number of aliphatic hydroxyl groups excluding tert-OH is 2. The van der Waals surface area contributed by atoms with Gasteiger partial charge in [-0.2, -0.15) is 0 Å². The zero-order chi connectivity index (χ0) is 23.7. The van der Waals surface area contributed by atoms with Crippen LogP contribution in [0.1, 0.15) is 30.5 Å². The van der Waals surface area contributed by atoms with Crippen molar-refractivity contribution in [3.8, 4) is 17.3 Å². The van der Waals surface area contributed by atoms with E-state index in [1.165, 1.54) is 12.1 Å². The maximum atomic E-state index is 13.5. The second-order valence-electron chi connectivity index (χ2n) is 8.94. The second kappa shape index (κ2) is 9.52. The van der Waals surface area contributed by atoms with Crippen LogP contribution in [0.2, 0.25) is 0 Å². The predicted octanol–water partition coefficient (Wildman–Crippen LogP) is 2.94. The number of aliphatic hydroxyl groups is 2. The molecule has 1 saturated carbocycles. The zero-order valence-electron chi connectivity index (χ0n) is 19.0. The first kappa shape index (κ1) is 22.5. The van der Waals surface area contributed by atoms with E-state index in [2.05, 4.69) is 10.3 Å². The summed E-state index contributed by atoms with van der Waals surface area (Å²) in [6.45, 7) is 0.250. The highest BCUT2D eigenvalue weighted by atomic mass is 19.1. The van der Waals surface area contributed by atoms with E-state index in [4.69, 9.17) is 14.7 Å². The highest BCUT2D eigenvalue weighted by Gasteiger charge is 2.29. The van der Waals surface area contributed by atoms with Crippen molar-refractivity contribution in [2.24, 2.45) is 0 Å². The van der Waals surface area contributed by atoms with Crippen LogP contribution in [0.4, 0.5) is 15.9 Å². The van der Waals surface area contributed by atoms with Gasteiger partial charge in [0.1, 0.15) is 35.4 Å². The van der Waals surface area contributed by atoms with Crippen molar-refractivity contribution < 1.29 is 19.3 Å². The molecule has 0 saturated heterocycles. The molecule has 2 heterocycles. The highest BCUT2D eigenvalue weighted by Crippen LogP contribution is 2.32. The van der Waals surface area contributed by atoms with Crippen LogP contribution in [0.15, 0.2) is 42.6 Å². The fourth-order valence-corrected chi connectivity index (χ4v) is 4.44. The molecule has 1 unspecified atom stereocenters. The first-order valence-corrected chi connectivity index (χ1v) is 11.6. The summed E-state index contributed by atoms with van der Waals surface area (Å²) in [6.07, 6.45) is 4.49. The Balaban J connectivity index is 1.35. The molecule has 0 aliphatic heterocycles. The molecular formula is C25H28FN5O3. The van der Waals surface area contributed by atoms with Crippen molar-refractivity contribution in [3.05, 3.63) is 59.7 Å². The van der Waals surface area contributed by atoms with Gasteiger partial charge in [-0.05, 0) is 43.5 Å². The minimum atomic E-state index is -0.921. The molecule has 5 rings (SSSR count). The smallest absolute Gasteiger partial charge is 0.180 e. The van der Waals surface area contributed by atoms with Crippen molar-refractivity contribution >= 4 is 11.5 Å². The standard InChI is InChI=1S/C25H28FN5O3/c1-31(14-23(33)28-16-5-2-4-15(26)10-16)25-20-6-3-7-21(20)29-24(30-25)22-13-18(8-9-27-22)34-19-11-17(32)12-19/h2,4-5,8-10,13,17,19,23,28,32-33H,3,6-7,11-12,14H2,1H3/t17-,19+,23?. The Bertz CT molecular complexity index is 1170. The Morgan fingerprint density at radius 1 is 1.21 bits per heavy atom. The zero-order valence-corrected chi connectivity index (χ0v) is 19.0. The van der Waals surface area contributed by atoms with Crippen LogP contribution in [0.3, 0.4) is 0 Å². The van der Waals surface area contributed by atoms with Crippen LogP contribution in [0.5, 0.6) is 5.75 Å². The van der Waals surface area contributed by atoms with E-state index in [1.54, 1.807) is 24.4 Å². The Morgan fingerprint density at radius 2 is 2.06 bits per heavy atom. The van der Waals surface area contributed by atoms with Crippen molar-refractivity contribution in [2.75, 3.05) is 23.8 Å². The van der Waals surface area contributed by atoms with Gasteiger partial charge >= 0.3 is 0 Å². The molecule has 3 N–H and O–H groups in total. The molecule has 0 bridgehead atoms. The van der Waals surface area contributed by atoms with Gasteiger partial charge in [0.15, 0.2) is 5.82 Å². The number of aryl methyl sites for hydroxylation is 1. The van der Waals surface area contributed by atoms with Crippen molar-refractivity contribution in [3.63, 3.8) is 0 Å². The highest BCUT2D eigenvalue weighted by molar-refractivity contribution is 5.60. The minimum absolute atomic E-state index is 0.0139. The summed E-state index contributed by atoms with van der Waals surface area (Å²) in [5.41, 5.74) is 3.20. The Morgan fingerprint density at radius 3 is 2.85 bits per heavy atom. The normalized spacial score (nSPS) is 19.8. The maximum Gasteiger partial charge on any atom is 0.180 e. The van der Waals surface area contributed by atoms with Gasteiger partial charge in [0, 0.05) is 49.1 Å². The fourth-order valence-electron chi connectivity index (χ4n) is 4.44. The molecule has 1 atom stereocenters. The van der Waals surface area contributed by atoms with Crippen LogP contribution in [-0.4, -0.2) is 57.2 Å². The van der Waals surface area contributed by atoms with Crippen molar-refractivity contribution in [1.29, 1.82) is 0 Å². The average Bonchev–Trinajstić information content (AvgIpc) is 3.26. The van der Waals surface area contributed by atoms with Crippen LogP contribution in [-0.2, 0) is 12.8 Å². The van der Waals surface area contributed by atoms with Crippen LogP contribution < -0.4 is 15.0 Å². The molecule has 1 fully saturated rings. The lowest BCUT2D eigenvalue weighted by atomic mass is 9.92. The minimum Gasteiger partial charge on any atom is -0.490 e. The quantitative estimate of drug-likeness (QED) is 0.437. The number of aromatic nitrogens is 3. The molecule has 9 heteroatoms. The Labute approximate surface area is 197 Å². The lowest BCUT2D eigenvalue weighted by Crippen LogP contribution is -2.37. The molecule has 2 aliphatic carbocycles. The van der Waals surface area contributed by atoms with E-state index in [0.29, 0.717) is 35.8 Å². The molecular weight excluding hydrogens is 437 g/mol. The number of likely N-dealkylation sites (N-methyl/N-ethyl adjacent to an activating group) is 1. The largest absolute Gasteiger partial charge is 0.490 e. The van der Waals surface area contributed by atoms with Crippen LogP contribution in [0, 0.1) is 5.82 Å². The summed E-state index contributed by atoms with van der Waals surface area (Å²) in [5.74, 6) is 1.58. The molecule has 8 nitrogen and oxygen atoms in total. The number of ether oxygens (including phenoxy) is 1. The van der Waals surface area contributed by atoms with E-state index >= 15 is 0 Å². The van der Waals surface area contributed by atoms with Gasteiger partial charge in [0.05, 0.1) is 12.6 Å². The van der Waals surface area contributed by atoms with Crippen LogP contribution >= 0.6 is 0 Å². The molecule has 34 heavy (non-hydrogen) atoms. The summed E-state index contributed by atoms with van der Waals surface area (Å²) in [6, 6.07) is 9.62. The van der Waals surface area contributed by atoms with E-state index < -0.39 is 6.23 Å². The van der Waals surface area contributed by atoms with Gasteiger partial charge < -0.3 is 25.2 Å². The first-order valence-electron chi connectivity index (χ1n) is 11.6. The van der Waals surface area contributed by atoms with E-state index in [1.807, 2.05) is 18.0 Å². The summed E-state index contributed by atoms with van der Waals surface area (Å²) < 4.78 is 19.4. The number of rotatable bonds is 8.